The molecule has 6 nitrogen and oxygen atoms in total. The van der Waals surface area contributed by atoms with Gasteiger partial charge in [0.25, 0.3) is 0 Å². The molecule has 0 bridgehead atoms. The van der Waals surface area contributed by atoms with Crippen LogP contribution >= 0.6 is 12.2 Å². The Morgan fingerprint density at radius 2 is 2.09 bits per heavy atom. The van der Waals surface area contributed by atoms with Crippen LogP contribution in [-0.2, 0) is 0 Å². The van der Waals surface area contributed by atoms with Gasteiger partial charge in [-0.2, -0.15) is 0 Å². The van der Waals surface area contributed by atoms with Gasteiger partial charge in [0.2, 0.25) is 11.0 Å². The molecule has 3 N–H and O–H groups in total. The summed E-state index contributed by atoms with van der Waals surface area (Å²) in [5, 5.41) is 21.6. The van der Waals surface area contributed by atoms with Crippen LogP contribution in [0.25, 0.3) is 10.9 Å². The van der Waals surface area contributed by atoms with Gasteiger partial charge in [0.05, 0.1) is 5.52 Å². The van der Waals surface area contributed by atoms with Crippen LogP contribution in [0.5, 0.6) is 5.88 Å². The first-order chi connectivity index (χ1) is 10.6. The molecule has 0 saturated carbocycles. The van der Waals surface area contributed by atoms with Crippen molar-refractivity contribution < 1.29 is 5.11 Å². The lowest BCUT2D eigenvalue weighted by Crippen LogP contribution is -2.06. The number of azo groups is 1. The molecule has 3 aromatic rings. The summed E-state index contributed by atoms with van der Waals surface area (Å²) in [5.74, 6) is 0.555. The monoisotopic (exact) mass is 311 g/mol. The number of para-hydroxylation sites is 1. The minimum atomic E-state index is -0.0405. The highest BCUT2D eigenvalue weighted by molar-refractivity contribution is 7.80. The van der Waals surface area contributed by atoms with Crippen molar-refractivity contribution >= 4 is 39.7 Å². The molecule has 2 aromatic heterocycles. The second kappa shape index (κ2) is 5.90. The van der Waals surface area contributed by atoms with Crippen LogP contribution < -0.4 is 5.32 Å². The van der Waals surface area contributed by atoms with Crippen LogP contribution in [0.1, 0.15) is 5.56 Å². The maximum absolute atomic E-state index is 9.88. The first-order valence-corrected chi connectivity index (χ1v) is 6.99. The fourth-order valence-electron chi connectivity index (χ4n) is 1.99. The van der Waals surface area contributed by atoms with E-state index in [0.717, 1.165) is 16.5 Å². The number of hydrogen-bond acceptors (Lipinski definition) is 4. The highest BCUT2D eigenvalue weighted by atomic mass is 32.1. The van der Waals surface area contributed by atoms with Gasteiger partial charge in [-0.25, -0.2) is 4.98 Å². The zero-order valence-corrected chi connectivity index (χ0v) is 12.6. The Morgan fingerprint density at radius 3 is 2.86 bits per heavy atom. The lowest BCUT2D eigenvalue weighted by Gasteiger charge is -2.01. The van der Waals surface area contributed by atoms with Gasteiger partial charge in [-0.15, -0.1) is 10.2 Å². The standard InChI is InChI=1S/C15H13N5OS/c1-9-6-7-12(16-8-9)18-15(22)20-19-13-10-4-2-3-5-11(10)17-14(13)21/h2-8,17,21H,1H3,(H,16,18,22). The number of benzene rings is 1. The van der Waals surface area contributed by atoms with Gasteiger partial charge >= 0.3 is 0 Å². The lowest BCUT2D eigenvalue weighted by atomic mass is 10.2. The summed E-state index contributed by atoms with van der Waals surface area (Å²) in [6.07, 6.45) is 1.73. The average molecular weight is 311 g/mol. The number of H-pyrrole nitrogens is 1. The van der Waals surface area contributed by atoms with E-state index in [0.29, 0.717) is 11.5 Å². The molecule has 0 radical (unpaired) electrons. The van der Waals surface area contributed by atoms with Crippen molar-refractivity contribution in [3.05, 3.63) is 48.2 Å². The second-order valence-corrected chi connectivity index (χ2v) is 5.11. The maximum atomic E-state index is 9.88. The van der Waals surface area contributed by atoms with Gasteiger partial charge in [0, 0.05) is 11.6 Å². The lowest BCUT2D eigenvalue weighted by molar-refractivity contribution is 0.459. The third-order valence-electron chi connectivity index (χ3n) is 3.05. The molecular weight excluding hydrogens is 298 g/mol. The maximum Gasteiger partial charge on any atom is 0.219 e. The first kappa shape index (κ1) is 14.2. The zero-order chi connectivity index (χ0) is 15.5. The van der Waals surface area contributed by atoms with Crippen LogP contribution in [0, 0.1) is 6.92 Å². The van der Waals surface area contributed by atoms with Crippen LogP contribution in [0.4, 0.5) is 11.5 Å². The molecule has 22 heavy (non-hydrogen) atoms. The Labute approximate surface area is 131 Å². The molecule has 0 amide bonds. The molecule has 0 fully saturated rings. The van der Waals surface area contributed by atoms with Gasteiger partial charge in [0.15, 0.2) is 5.69 Å². The number of aromatic amines is 1. The van der Waals surface area contributed by atoms with E-state index in [2.05, 4.69) is 25.5 Å². The van der Waals surface area contributed by atoms with Crippen molar-refractivity contribution in [3.8, 4) is 5.88 Å². The number of fused-ring (bicyclic) bond motifs is 1. The number of hydrogen-bond donors (Lipinski definition) is 3. The Morgan fingerprint density at radius 1 is 1.27 bits per heavy atom. The van der Waals surface area contributed by atoms with Crippen molar-refractivity contribution in [1.29, 1.82) is 0 Å². The Hall–Kier alpha value is -2.80. The molecule has 1 aromatic carbocycles. The Balaban J connectivity index is 1.79. The number of thiocarbonyl (C=S) groups is 1. The van der Waals surface area contributed by atoms with Crippen LogP contribution in [0.15, 0.2) is 52.8 Å². The van der Waals surface area contributed by atoms with Gasteiger partial charge in [-0.1, -0.05) is 24.3 Å². The highest BCUT2D eigenvalue weighted by Gasteiger charge is 2.09. The molecule has 3 rings (SSSR count). The molecule has 0 saturated heterocycles. The van der Waals surface area contributed by atoms with E-state index in [9.17, 15) is 5.11 Å². The number of aryl methyl sites for hydroxylation is 1. The van der Waals surface area contributed by atoms with E-state index in [1.807, 2.05) is 37.3 Å². The minimum absolute atomic E-state index is 0.0405. The van der Waals surface area contributed by atoms with Crippen LogP contribution in [0.2, 0.25) is 0 Å². The quantitative estimate of drug-likeness (QED) is 0.492. The average Bonchev–Trinajstić information content (AvgIpc) is 2.83. The summed E-state index contributed by atoms with van der Waals surface area (Å²) >= 11 is 5.10. The fourth-order valence-corrected chi connectivity index (χ4v) is 2.13. The van der Waals surface area contributed by atoms with E-state index in [1.165, 1.54) is 0 Å². The summed E-state index contributed by atoms with van der Waals surface area (Å²) in [7, 11) is 0. The summed E-state index contributed by atoms with van der Waals surface area (Å²) in [5.41, 5.74) is 2.20. The van der Waals surface area contributed by atoms with E-state index in [-0.39, 0.29) is 11.0 Å². The molecule has 0 spiro atoms. The number of nitrogens with one attached hydrogen (secondary N) is 2. The number of anilines is 1. The highest BCUT2D eigenvalue weighted by Crippen LogP contribution is 2.35. The summed E-state index contributed by atoms with van der Waals surface area (Å²) in [4.78, 5) is 7.01. The Bertz CT molecular complexity index is 854. The number of pyridine rings is 1. The molecule has 0 atom stereocenters. The predicted molar refractivity (Wildman–Crippen MR) is 89.7 cm³/mol. The molecule has 2 heterocycles. The zero-order valence-electron chi connectivity index (χ0n) is 11.7. The van der Waals surface area contributed by atoms with E-state index < -0.39 is 0 Å². The van der Waals surface area contributed by atoms with Crippen molar-refractivity contribution in [1.82, 2.24) is 9.97 Å². The van der Waals surface area contributed by atoms with E-state index in [4.69, 9.17) is 12.2 Å². The number of rotatable bonds is 2. The number of nitrogens with zero attached hydrogens (tertiary/aromatic N) is 3. The van der Waals surface area contributed by atoms with Gasteiger partial charge in [-0.05, 0) is 36.8 Å². The summed E-state index contributed by atoms with van der Waals surface area (Å²) in [6.45, 7) is 1.95. The van der Waals surface area contributed by atoms with Crippen molar-refractivity contribution in [3.63, 3.8) is 0 Å². The van der Waals surface area contributed by atoms with E-state index >= 15 is 0 Å². The molecular formula is C15H13N5OS. The van der Waals surface area contributed by atoms with Gasteiger partial charge in [-0.3, -0.25) is 0 Å². The first-order valence-electron chi connectivity index (χ1n) is 6.58. The minimum Gasteiger partial charge on any atom is -0.493 e. The largest absolute Gasteiger partial charge is 0.493 e. The molecule has 0 aliphatic rings. The predicted octanol–water partition coefficient (Wildman–Crippen LogP) is 4.06. The van der Waals surface area contributed by atoms with Gasteiger partial charge in [0.1, 0.15) is 5.82 Å². The molecule has 110 valence electrons. The fraction of sp³-hybridized carbons (Fsp3) is 0.0667. The van der Waals surface area contributed by atoms with Gasteiger partial charge < -0.3 is 15.4 Å². The SMILES string of the molecule is Cc1ccc(NC(=S)N=Nc2c(O)[nH]c3ccccc23)nc1. The number of aromatic nitrogens is 2. The van der Waals surface area contributed by atoms with Crippen molar-refractivity contribution in [2.45, 2.75) is 6.92 Å². The third-order valence-corrected chi connectivity index (χ3v) is 3.23. The van der Waals surface area contributed by atoms with Crippen molar-refractivity contribution in [2.75, 3.05) is 5.32 Å². The van der Waals surface area contributed by atoms with Crippen LogP contribution in [0.3, 0.4) is 0 Å². The summed E-state index contributed by atoms with van der Waals surface area (Å²) in [6, 6.07) is 11.1. The number of aromatic hydroxyl groups is 1. The van der Waals surface area contributed by atoms with Crippen molar-refractivity contribution in [2.24, 2.45) is 10.2 Å². The normalized spacial score (nSPS) is 11.1. The topological polar surface area (TPSA) is 85.7 Å². The smallest absolute Gasteiger partial charge is 0.219 e. The molecule has 0 aliphatic carbocycles. The summed E-state index contributed by atoms with van der Waals surface area (Å²) < 4.78 is 0. The van der Waals surface area contributed by atoms with E-state index in [1.54, 1.807) is 12.3 Å². The Kier molecular flexibility index (Phi) is 3.80. The molecule has 0 aliphatic heterocycles. The third kappa shape index (κ3) is 2.94. The second-order valence-electron chi connectivity index (χ2n) is 4.72. The molecule has 0 unspecified atom stereocenters. The molecule has 7 heteroatoms. The van der Waals surface area contributed by atoms with Crippen LogP contribution in [-0.4, -0.2) is 20.2 Å².